The van der Waals surface area contributed by atoms with Crippen LogP contribution >= 0.6 is 23.2 Å². The normalized spacial score (nSPS) is 11.9. The molecule has 23 heteroatoms. The average Bonchev–Trinajstić information content (AvgIpc) is 3.34. The molecule has 8 rings (SSSR count). The van der Waals surface area contributed by atoms with Gasteiger partial charge in [-0.15, -0.1) is 15.3 Å². The number of hydrogen-bond donors (Lipinski definition) is 4. The molecule has 380 valence electrons. The van der Waals surface area contributed by atoms with Gasteiger partial charge in [0.1, 0.15) is 38.4 Å². The second-order valence-electron chi connectivity index (χ2n) is 15.9. The number of phenols is 1. The Morgan fingerprint density at radius 1 is 0.627 bits per heavy atom. The molecule has 18 nitrogen and oxygen atoms in total. The fourth-order valence-corrected chi connectivity index (χ4v) is 10.2. The number of anilines is 1. The molecule has 0 aliphatic rings. The molecule has 0 spiro atoms. The minimum absolute atomic E-state index is 0. The van der Waals surface area contributed by atoms with Crippen LogP contribution in [0.1, 0.15) is 40.9 Å². The van der Waals surface area contributed by atoms with Crippen LogP contribution in [-0.4, -0.2) is 93.8 Å². The van der Waals surface area contributed by atoms with E-state index < -0.39 is 53.3 Å². The monoisotopic (exact) mass is 1120 g/mol. The molecule has 1 amide bonds. The zero-order chi connectivity index (χ0) is 53.5. The third-order valence-corrected chi connectivity index (χ3v) is 13.9. The topological polar surface area (TPSA) is 284 Å². The van der Waals surface area contributed by atoms with Gasteiger partial charge in [-0.2, -0.15) is 21.9 Å². The fraction of sp³-hybridized carbons (Fsp3) is 0.115. The maximum atomic E-state index is 13.3. The van der Waals surface area contributed by atoms with Crippen molar-refractivity contribution in [2.45, 2.75) is 37.5 Å². The Balaban J connectivity index is 0.000000241. The molecular formula is C52H42CaCl2N6O12S2. The molecule has 8 aromatic carbocycles. The maximum Gasteiger partial charge on any atom is 2.00 e. The molecule has 0 saturated carbocycles. The zero-order valence-electron chi connectivity index (χ0n) is 40.1. The van der Waals surface area contributed by atoms with Crippen molar-refractivity contribution >= 4 is 149 Å². The van der Waals surface area contributed by atoms with Gasteiger partial charge in [-0.05, 0) is 110 Å². The van der Waals surface area contributed by atoms with Gasteiger partial charge >= 0.3 is 37.7 Å². The Bertz CT molecular complexity index is 3830. The van der Waals surface area contributed by atoms with E-state index in [0.29, 0.717) is 57.6 Å². The summed E-state index contributed by atoms with van der Waals surface area (Å²) in [5, 5.41) is 57.7. The number of aryl methyl sites for hydroxylation is 2. The molecule has 8 aromatic rings. The number of fused-ring (bicyclic) bond motifs is 2. The Morgan fingerprint density at radius 3 is 1.64 bits per heavy atom. The number of nitrogens with zero attached hydrogens (tertiary/aromatic N) is 5. The fourth-order valence-electron chi connectivity index (χ4n) is 7.46. The van der Waals surface area contributed by atoms with Gasteiger partial charge in [-0.1, -0.05) is 102 Å². The second-order valence-corrected chi connectivity index (χ2v) is 19.3. The molecule has 0 aromatic heterocycles. The first-order chi connectivity index (χ1) is 35.2. The molecule has 0 heterocycles. The van der Waals surface area contributed by atoms with Crippen LogP contribution in [0.5, 0.6) is 23.0 Å². The minimum atomic E-state index is -4.63. The van der Waals surface area contributed by atoms with Gasteiger partial charge in [-0.3, -0.25) is 18.9 Å². The largest absolute Gasteiger partial charge is 2.00 e. The number of azo groups is 2. The molecule has 4 N–H and O–H groups in total. The summed E-state index contributed by atoms with van der Waals surface area (Å²) >= 11 is 12.4. The SMILES string of the molecule is CCOc1cccc(N=C([O-])c2cc3ccccc3c(N=Nc3ccc(C)c(S(=O)(=O)O)c3Cl)c2[O-])c1.CCOc1cccc(NC(=O)c2cc3ccccc3c(N=Nc3ccc(C)c(S(=O)(=O)O)c3Cl)c2O)c1.[Ca+2]. The van der Waals surface area contributed by atoms with Crippen LogP contribution < -0.4 is 25.0 Å². The number of rotatable bonds is 14. The summed E-state index contributed by atoms with van der Waals surface area (Å²) in [7, 11) is -9.24. The van der Waals surface area contributed by atoms with E-state index in [1.807, 2.05) is 13.8 Å². The summed E-state index contributed by atoms with van der Waals surface area (Å²) in [6, 6.07) is 35.8. The Hall–Kier alpha value is -6.72. The Kier molecular flexibility index (Phi) is 19.0. The Labute approximate surface area is 470 Å². The molecule has 0 radical (unpaired) electrons. The predicted octanol–water partition coefficient (Wildman–Crippen LogP) is 11.8. The average molecular weight is 1120 g/mol. The third kappa shape index (κ3) is 13.6. The maximum absolute atomic E-state index is 13.3. The van der Waals surface area contributed by atoms with E-state index in [0.717, 1.165) is 0 Å². The van der Waals surface area contributed by atoms with Crippen LogP contribution in [0, 0.1) is 13.8 Å². The molecule has 0 saturated heterocycles. The third-order valence-electron chi connectivity index (χ3n) is 10.8. The van der Waals surface area contributed by atoms with Crippen molar-refractivity contribution in [1.82, 2.24) is 0 Å². The molecule has 0 unspecified atom stereocenters. The first-order valence-electron chi connectivity index (χ1n) is 22.1. The quantitative estimate of drug-likeness (QED) is 0.0260. The summed E-state index contributed by atoms with van der Waals surface area (Å²) < 4.78 is 77.0. The molecule has 0 atom stereocenters. The summed E-state index contributed by atoms with van der Waals surface area (Å²) in [6.45, 7) is 7.52. The second kappa shape index (κ2) is 24.7. The van der Waals surface area contributed by atoms with Gasteiger partial charge in [0.2, 0.25) is 0 Å². The molecule has 0 aliphatic carbocycles. The number of ether oxygens (including phenoxy) is 2. The summed E-state index contributed by atoms with van der Waals surface area (Å²) in [6.07, 6.45) is 0. The van der Waals surface area contributed by atoms with E-state index in [1.54, 1.807) is 97.1 Å². The molecule has 0 bridgehead atoms. The van der Waals surface area contributed by atoms with Crippen molar-refractivity contribution in [2.75, 3.05) is 18.5 Å². The van der Waals surface area contributed by atoms with Gasteiger partial charge in [0.15, 0.2) is 5.75 Å². The van der Waals surface area contributed by atoms with Crippen molar-refractivity contribution in [1.29, 1.82) is 0 Å². The number of aliphatic imine (C=N–C) groups is 1. The summed E-state index contributed by atoms with van der Waals surface area (Å²) in [4.78, 5) is 16.2. The van der Waals surface area contributed by atoms with Crippen molar-refractivity contribution < 1.29 is 55.5 Å². The number of amides is 1. The van der Waals surface area contributed by atoms with E-state index in [1.165, 1.54) is 50.2 Å². The number of hydrogen-bond acceptors (Lipinski definition) is 15. The minimum Gasteiger partial charge on any atom is -0.871 e. The number of nitrogens with one attached hydrogen (secondary N) is 1. The molecule has 0 aliphatic heterocycles. The predicted molar refractivity (Wildman–Crippen MR) is 284 cm³/mol. The summed E-state index contributed by atoms with van der Waals surface area (Å²) in [5.41, 5.74) is 0.651. The van der Waals surface area contributed by atoms with Gasteiger partial charge in [0.05, 0.1) is 40.2 Å². The zero-order valence-corrected chi connectivity index (χ0v) is 45.5. The molecule has 0 fully saturated rings. The van der Waals surface area contributed by atoms with Gasteiger partial charge in [0, 0.05) is 28.6 Å². The Morgan fingerprint density at radius 2 is 1.11 bits per heavy atom. The standard InChI is InChI=1S/2C26H22ClN3O6S.Ca/c2*1-3-36-18-9-6-8-17(14-18)28-26(32)20-13-16-7-4-5-10-19(16)23(24(20)31)30-29-21-12-11-15(2)25(22(21)27)37(33,34)35;/h2*4-14,31H,3H2,1-2H3,(H,28,32)(H,33,34,35);/q;;+2/p-2. The number of aromatic hydroxyl groups is 1. The van der Waals surface area contributed by atoms with Gasteiger partial charge < -0.3 is 30.1 Å². The van der Waals surface area contributed by atoms with E-state index in [-0.39, 0.29) is 92.8 Å². The van der Waals surface area contributed by atoms with Crippen molar-refractivity contribution in [3.8, 4) is 23.0 Å². The van der Waals surface area contributed by atoms with E-state index >= 15 is 0 Å². The van der Waals surface area contributed by atoms with Crippen LogP contribution in [0.3, 0.4) is 0 Å². The van der Waals surface area contributed by atoms with Crippen LogP contribution in [0.15, 0.2) is 169 Å². The van der Waals surface area contributed by atoms with Crippen LogP contribution in [0.4, 0.5) is 34.1 Å². The first-order valence-corrected chi connectivity index (χ1v) is 25.7. The summed E-state index contributed by atoms with van der Waals surface area (Å²) in [5.74, 6) is -1.39. The molecule has 75 heavy (non-hydrogen) atoms. The van der Waals surface area contributed by atoms with E-state index in [2.05, 4.69) is 30.8 Å². The van der Waals surface area contributed by atoms with Crippen LogP contribution in [0.2, 0.25) is 10.0 Å². The van der Waals surface area contributed by atoms with Crippen molar-refractivity contribution in [3.05, 3.63) is 166 Å². The number of phenolic OH excluding ortho intramolecular Hbond substituents is 1. The van der Waals surface area contributed by atoms with Crippen LogP contribution in [0.25, 0.3) is 21.5 Å². The first kappa shape index (κ1) is 57.6. The van der Waals surface area contributed by atoms with Crippen molar-refractivity contribution in [3.63, 3.8) is 0 Å². The molecular weight excluding hydrogens is 1080 g/mol. The van der Waals surface area contributed by atoms with Crippen molar-refractivity contribution in [2.24, 2.45) is 25.4 Å². The van der Waals surface area contributed by atoms with Gasteiger partial charge in [0.25, 0.3) is 26.1 Å². The number of carbonyl (C=O) groups excluding carboxylic acids is 1. The van der Waals surface area contributed by atoms with Crippen LogP contribution in [-0.2, 0) is 20.2 Å². The van der Waals surface area contributed by atoms with Gasteiger partial charge in [-0.25, -0.2) is 0 Å². The van der Waals surface area contributed by atoms with E-state index in [9.17, 15) is 46.1 Å². The number of benzene rings is 8. The van der Waals surface area contributed by atoms with E-state index in [4.69, 9.17) is 32.7 Å². The smallest absolute Gasteiger partial charge is 0.871 e. The number of carbonyl (C=O) groups is 1. The number of halogens is 2.